The zero-order valence-electron chi connectivity index (χ0n) is 10.9. The van der Waals surface area contributed by atoms with E-state index in [4.69, 9.17) is 9.47 Å². The van der Waals surface area contributed by atoms with Crippen molar-refractivity contribution in [3.8, 4) is 5.75 Å². The molecule has 104 valence electrons. The number of carbonyl (C=O) groups is 1. The van der Waals surface area contributed by atoms with Crippen LogP contribution in [0.2, 0.25) is 0 Å². The molecule has 1 fully saturated rings. The first-order chi connectivity index (χ1) is 9.19. The zero-order chi connectivity index (χ0) is 13.7. The van der Waals surface area contributed by atoms with Gasteiger partial charge in [0.15, 0.2) is 0 Å². The lowest BCUT2D eigenvalue weighted by atomic mass is 10.1. The highest BCUT2D eigenvalue weighted by Crippen LogP contribution is 2.19. The van der Waals surface area contributed by atoms with E-state index < -0.39 is 0 Å². The average Bonchev–Trinajstić information content (AvgIpc) is 2.34. The molecule has 0 aromatic heterocycles. The van der Waals surface area contributed by atoms with Gasteiger partial charge in [0.25, 0.3) is 0 Å². The van der Waals surface area contributed by atoms with Crippen molar-refractivity contribution in [3.05, 3.63) is 29.6 Å². The van der Waals surface area contributed by atoms with Crippen molar-refractivity contribution in [2.75, 3.05) is 13.7 Å². The van der Waals surface area contributed by atoms with E-state index in [1.54, 1.807) is 6.07 Å². The molecule has 19 heavy (non-hydrogen) atoms. The van der Waals surface area contributed by atoms with Crippen molar-refractivity contribution in [1.29, 1.82) is 0 Å². The van der Waals surface area contributed by atoms with Gasteiger partial charge in [-0.2, -0.15) is 0 Å². The van der Waals surface area contributed by atoms with Gasteiger partial charge in [-0.15, -0.1) is 0 Å². The van der Waals surface area contributed by atoms with Gasteiger partial charge in [0.2, 0.25) is 5.91 Å². The monoisotopic (exact) mass is 267 g/mol. The number of halogens is 1. The second kappa shape index (κ2) is 6.52. The molecule has 4 nitrogen and oxygen atoms in total. The molecular weight excluding hydrogens is 249 g/mol. The Morgan fingerprint density at radius 1 is 1.58 bits per heavy atom. The van der Waals surface area contributed by atoms with Crippen molar-refractivity contribution < 1.29 is 18.7 Å². The fourth-order valence-corrected chi connectivity index (χ4v) is 1.97. The van der Waals surface area contributed by atoms with Crippen molar-refractivity contribution in [2.45, 2.75) is 31.9 Å². The topological polar surface area (TPSA) is 47.6 Å². The minimum absolute atomic E-state index is 0.0539. The van der Waals surface area contributed by atoms with Gasteiger partial charge in [0.1, 0.15) is 11.6 Å². The van der Waals surface area contributed by atoms with Crippen LogP contribution in [0.25, 0.3) is 0 Å². The van der Waals surface area contributed by atoms with Crippen LogP contribution in [0.15, 0.2) is 18.2 Å². The van der Waals surface area contributed by atoms with E-state index >= 15 is 0 Å². The van der Waals surface area contributed by atoms with Crippen LogP contribution in [-0.2, 0) is 16.1 Å². The second-order valence-electron chi connectivity index (χ2n) is 4.55. The molecule has 1 aliphatic heterocycles. The van der Waals surface area contributed by atoms with Crippen LogP contribution in [0.5, 0.6) is 5.75 Å². The molecule has 1 aliphatic rings. The Morgan fingerprint density at radius 2 is 2.37 bits per heavy atom. The number of carbonyl (C=O) groups excluding carboxylic acids is 1. The minimum Gasteiger partial charge on any atom is -0.496 e. The summed E-state index contributed by atoms with van der Waals surface area (Å²) in [6.45, 7) is 1.07. The van der Waals surface area contributed by atoms with Gasteiger partial charge in [-0.1, -0.05) is 0 Å². The van der Waals surface area contributed by atoms with Crippen LogP contribution in [0.3, 0.4) is 0 Å². The maximum atomic E-state index is 13.1. The fourth-order valence-electron chi connectivity index (χ4n) is 1.97. The van der Waals surface area contributed by atoms with Crippen LogP contribution in [-0.4, -0.2) is 25.7 Å². The molecule has 1 aromatic carbocycles. The fraction of sp³-hybridized carbons (Fsp3) is 0.500. The number of nitrogens with one attached hydrogen (secondary N) is 1. The maximum Gasteiger partial charge on any atom is 0.220 e. The quantitative estimate of drug-likeness (QED) is 0.857. The minimum atomic E-state index is -0.340. The number of ether oxygens (including phenoxy) is 2. The molecule has 1 aromatic rings. The first-order valence-electron chi connectivity index (χ1n) is 6.40. The number of benzene rings is 1. The predicted octanol–water partition coefficient (Wildman–Crippen LogP) is 2.02. The Kier molecular flexibility index (Phi) is 4.74. The van der Waals surface area contributed by atoms with Crippen LogP contribution in [0.1, 0.15) is 24.8 Å². The molecule has 0 bridgehead atoms. The molecule has 1 N–H and O–H groups in total. The van der Waals surface area contributed by atoms with E-state index in [0.29, 0.717) is 17.7 Å². The van der Waals surface area contributed by atoms with Crippen LogP contribution in [0, 0.1) is 5.82 Å². The lowest BCUT2D eigenvalue weighted by Gasteiger charge is -2.25. The Labute approximate surface area is 111 Å². The molecule has 2 rings (SSSR count). The summed E-state index contributed by atoms with van der Waals surface area (Å²) in [4.78, 5) is 11.6. The standard InChI is InChI=1S/C14H18FNO3/c1-18-13-4-2-11(15)8-10(13)9-16-14(17)5-3-12-6-7-19-12/h2,4,8,12H,3,5-7,9H2,1H3,(H,16,17). The van der Waals surface area contributed by atoms with Gasteiger partial charge >= 0.3 is 0 Å². The summed E-state index contributed by atoms with van der Waals surface area (Å²) in [5.41, 5.74) is 0.635. The number of hydrogen-bond donors (Lipinski definition) is 1. The molecular formula is C14H18FNO3. The summed E-state index contributed by atoms with van der Waals surface area (Å²) >= 11 is 0. The summed E-state index contributed by atoms with van der Waals surface area (Å²) in [6, 6.07) is 4.26. The lowest BCUT2D eigenvalue weighted by molar-refractivity contribution is -0.123. The predicted molar refractivity (Wildman–Crippen MR) is 68.4 cm³/mol. The second-order valence-corrected chi connectivity index (χ2v) is 4.55. The number of methoxy groups -OCH3 is 1. The highest BCUT2D eigenvalue weighted by Gasteiger charge is 2.18. The van der Waals surface area contributed by atoms with Crippen molar-refractivity contribution in [3.63, 3.8) is 0 Å². The van der Waals surface area contributed by atoms with Crippen LogP contribution >= 0.6 is 0 Å². The van der Waals surface area contributed by atoms with Gasteiger partial charge in [-0.05, 0) is 31.0 Å². The SMILES string of the molecule is COc1ccc(F)cc1CNC(=O)CCC1CCO1. The average molecular weight is 267 g/mol. The highest BCUT2D eigenvalue weighted by molar-refractivity contribution is 5.75. The highest BCUT2D eigenvalue weighted by atomic mass is 19.1. The van der Waals surface area contributed by atoms with E-state index in [-0.39, 0.29) is 24.4 Å². The smallest absolute Gasteiger partial charge is 0.220 e. The van der Waals surface area contributed by atoms with E-state index in [9.17, 15) is 9.18 Å². The lowest BCUT2D eigenvalue weighted by Crippen LogP contribution is -2.30. The third-order valence-corrected chi connectivity index (χ3v) is 3.21. The van der Waals surface area contributed by atoms with E-state index in [1.165, 1.54) is 19.2 Å². The zero-order valence-corrected chi connectivity index (χ0v) is 10.9. The number of rotatable bonds is 6. The third kappa shape index (κ3) is 3.92. The Bertz CT molecular complexity index is 446. The van der Waals surface area contributed by atoms with Gasteiger partial charge < -0.3 is 14.8 Å². The van der Waals surface area contributed by atoms with Gasteiger partial charge in [-0.3, -0.25) is 4.79 Å². The molecule has 1 amide bonds. The number of hydrogen-bond acceptors (Lipinski definition) is 3. The first kappa shape index (κ1) is 13.8. The van der Waals surface area contributed by atoms with Crippen molar-refractivity contribution in [2.24, 2.45) is 0 Å². The molecule has 0 saturated carbocycles. The van der Waals surface area contributed by atoms with Gasteiger partial charge in [-0.25, -0.2) is 4.39 Å². The first-order valence-corrected chi connectivity index (χ1v) is 6.40. The van der Waals surface area contributed by atoms with Crippen LogP contribution < -0.4 is 10.1 Å². The molecule has 5 heteroatoms. The maximum absolute atomic E-state index is 13.1. The molecule has 0 aliphatic carbocycles. The molecule has 1 unspecified atom stereocenters. The summed E-state index contributed by atoms with van der Waals surface area (Å²) in [5, 5.41) is 2.76. The normalized spacial score (nSPS) is 17.7. The Balaban J connectivity index is 1.80. The van der Waals surface area contributed by atoms with E-state index in [2.05, 4.69) is 5.32 Å². The van der Waals surface area contributed by atoms with E-state index in [0.717, 1.165) is 19.4 Å². The largest absolute Gasteiger partial charge is 0.496 e. The molecule has 1 atom stereocenters. The van der Waals surface area contributed by atoms with Gasteiger partial charge in [0, 0.05) is 25.1 Å². The molecule has 1 heterocycles. The summed E-state index contributed by atoms with van der Waals surface area (Å²) in [5.74, 6) is 0.179. The van der Waals surface area contributed by atoms with Crippen molar-refractivity contribution in [1.82, 2.24) is 5.32 Å². The summed E-state index contributed by atoms with van der Waals surface area (Å²) < 4.78 is 23.5. The Hall–Kier alpha value is -1.62. The summed E-state index contributed by atoms with van der Waals surface area (Å²) in [6.07, 6.45) is 2.44. The van der Waals surface area contributed by atoms with Crippen molar-refractivity contribution >= 4 is 5.91 Å². The number of amides is 1. The Morgan fingerprint density at radius 3 is 3.00 bits per heavy atom. The summed E-state index contributed by atoms with van der Waals surface area (Å²) in [7, 11) is 1.52. The third-order valence-electron chi connectivity index (χ3n) is 3.21. The van der Waals surface area contributed by atoms with Gasteiger partial charge in [0.05, 0.1) is 13.2 Å². The molecule has 0 spiro atoms. The van der Waals surface area contributed by atoms with E-state index in [1.807, 2.05) is 0 Å². The molecule has 1 saturated heterocycles. The van der Waals surface area contributed by atoms with Crippen LogP contribution in [0.4, 0.5) is 4.39 Å². The molecule has 0 radical (unpaired) electrons.